The molecule has 0 spiro atoms. The number of nitrogens with two attached hydrogens (primary N) is 2. The molecule has 0 heterocycles. The highest BCUT2D eigenvalue weighted by molar-refractivity contribution is 5.75. The summed E-state index contributed by atoms with van der Waals surface area (Å²) in [4.78, 5) is 22.0. The van der Waals surface area contributed by atoms with Crippen LogP contribution in [0.25, 0.3) is 0 Å². The van der Waals surface area contributed by atoms with Gasteiger partial charge in [-0.3, -0.25) is 20.4 Å². The van der Waals surface area contributed by atoms with Crippen LogP contribution in [0.1, 0.15) is 25.7 Å². The highest BCUT2D eigenvalue weighted by atomic mass is 16.5. The van der Waals surface area contributed by atoms with Crippen molar-refractivity contribution >= 4 is 11.8 Å². The molecule has 0 aromatic rings. The summed E-state index contributed by atoms with van der Waals surface area (Å²) in [5, 5.41) is 0. The van der Waals surface area contributed by atoms with E-state index in [0.717, 1.165) is 6.42 Å². The number of allylic oxidation sites excluding steroid dienone is 3. The second-order valence-electron chi connectivity index (χ2n) is 4.06. The highest BCUT2D eigenvalue weighted by Gasteiger charge is 2.12. The summed E-state index contributed by atoms with van der Waals surface area (Å²) in [5.74, 6) is 10.6. The van der Waals surface area contributed by atoms with Crippen molar-refractivity contribution in [3.63, 3.8) is 0 Å². The van der Waals surface area contributed by atoms with Crippen LogP contribution < -0.4 is 22.5 Å². The Bertz CT molecular complexity index is 406. The van der Waals surface area contributed by atoms with E-state index in [2.05, 4.69) is 0 Å². The maximum absolute atomic E-state index is 11.0. The molecule has 0 atom stereocenters. The van der Waals surface area contributed by atoms with E-state index in [1.165, 1.54) is 0 Å². The van der Waals surface area contributed by atoms with Crippen molar-refractivity contribution in [3.8, 4) is 0 Å². The quantitative estimate of drug-likeness (QED) is 0.266. The maximum Gasteiger partial charge on any atom is 0.237 e. The minimum Gasteiger partial charge on any atom is -0.494 e. The van der Waals surface area contributed by atoms with Crippen LogP contribution in [0.2, 0.25) is 0 Å². The minimum atomic E-state index is -0.299. The molecule has 1 aliphatic carbocycles. The van der Waals surface area contributed by atoms with Crippen LogP contribution in [0.5, 0.6) is 0 Å². The molecule has 8 nitrogen and oxygen atoms in total. The molecule has 0 saturated carbocycles. The van der Waals surface area contributed by atoms with E-state index in [4.69, 9.17) is 21.2 Å². The molecule has 0 saturated heterocycles. The first-order chi connectivity index (χ1) is 9.67. The van der Waals surface area contributed by atoms with Crippen LogP contribution in [-0.4, -0.2) is 25.0 Å². The summed E-state index contributed by atoms with van der Waals surface area (Å²) in [5.41, 5.74) is 4.06. The van der Waals surface area contributed by atoms with Crippen molar-refractivity contribution < 1.29 is 19.1 Å². The molecule has 112 valence electrons. The van der Waals surface area contributed by atoms with Gasteiger partial charge < -0.3 is 9.47 Å². The van der Waals surface area contributed by atoms with Gasteiger partial charge in [0.05, 0.1) is 26.1 Å². The minimum absolute atomic E-state index is 0.163. The van der Waals surface area contributed by atoms with Crippen LogP contribution >= 0.6 is 0 Å². The maximum atomic E-state index is 11.0. The highest BCUT2D eigenvalue weighted by Crippen LogP contribution is 2.21. The van der Waals surface area contributed by atoms with E-state index in [0.29, 0.717) is 17.9 Å². The zero-order chi connectivity index (χ0) is 14.8. The van der Waals surface area contributed by atoms with E-state index in [1.807, 2.05) is 16.9 Å². The third kappa shape index (κ3) is 5.72. The molecule has 20 heavy (non-hydrogen) atoms. The molecule has 1 aliphatic rings. The van der Waals surface area contributed by atoms with E-state index in [9.17, 15) is 9.59 Å². The van der Waals surface area contributed by atoms with Crippen molar-refractivity contribution in [1.82, 2.24) is 10.9 Å². The Morgan fingerprint density at radius 1 is 1.10 bits per heavy atom. The Morgan fingerprint density at radius 3 is 2.30 bits per heavy atom. The fourth-order valence-corrected chi connectivity index (χ4v) is 1.56. The van der Waals surface area contributed by atoms with Gasteiger partial charge in [0.25, 0.3) is 0 Å². The molecule has 0 aromatic heterocycles. The lowest BCUT2D eigenvalue weighted by Gasteiger charge is -2.17. The first-order valence-corrected chi connectivity index (χ1v) is 6.31. The van der Waals surface area contributed by atoms with Crippen molar-refractivity contribution in [2.75, 3.05) is 13.2 Å². The average molecular weight is 284 g/mol. The Kier molecular flexibility index (Phi) is 7.15. The van der Waals surface area contributed by atoms with Gasteiger partial charge in [-0.25, -0.2) is 11.7 Å². The third-order valence-corrected chi connectivity index (χ3v) is 2.60. The predicted molar refractivity (Wildman–Crippen MR) is 71.2 cm³/mol. The van der Waals surface area contributed by atoms with Crippen LogP contribution in [0.4, 0.5) is 0 Å². The molecule has 8 heteroatoms. The number of hydrogen-bond donors (Lipinski definition) is 4. The second kappa shape index (κ2) is 8.94. The zero-order valence-electron chi connectivity index (χ0n) is 11.2. The Hall–Kier alpha value is -2.06. The Morgan fingerprint density at radius 2 is 1.70 bits per heavy atom. The summed E-state index contributed by atoms with van der Waals surface area (Å²) in [6.07, 6.45) is 5.62. The molecule has 0 aromatic carbocycles. The predicted octanol–water partition coefficient (Wildman–Crippen LogP) is -0.659. The lowest BCUT2D eigenvalue weighted by atomic mass is 10.1. The van der Waals surface area contributed by atoms with Gasteiger partial charge in [-0.2, -0.15) is 0 Å². The van der Waals surface area contributed by atoms with E-state index in [1.54, 1.807) is 6.08 Å². The van der Waals surface area contributed by atoms with Crippen molar-refractivity contribution in [3.05, 3.63) is 23.7 Å². The monoisotopic (exact) mass is 284 g/mol. The first-order valence-electron chi connectivity index (χ1n) is 6.31. The van der Waals surface area contributed by atoms with Gasteiger partial charge in [-0.1, -0.05) is 6.08 Å². The first kappa shape index (κ1) is 16.0. The normalized spacial score (nSPS) is 13.9. The molecular weight excluding hydrogens is 264 g/mol. The Balaban J connectivity index is 2.43. The molecule has 0 fully saturated rings. The molecule has 0 bridgehead atoms. The van der Waals surface area contributed by atoms with Crippen molar-refractivity contribution in [2.45, 2.75) is 25.7 Å². The van der Waals surface area contributed by atoms with Gasteiger partial charge in [-0.15, -0.1) is 0 Å². The molecule has 0 aliphatic heterocycles. The van der Waals surface area contributed by atoms with E-state index in [-0.39, 0.29) is 37.9 Å². The van der Waals surface area contributed by atoms with Crippen LogP contribution in [0.3, 0.4) is 0 Å². The molecule has 1 rings (SSSR count). The Labute approximate surface area is 117 Å². The van der Waals surface area contributed by atoms with Crippen LogP contribution in [0.15, 0.2) is 23.7 Å². The van der Waals surface area contributed by atoms with Gasteiger partial charge in [-0.05, 0) is 12.5 Å². The standard InChI is InChI=1S/C12H20N4O4/c13-15-11(17)5-7-19-9-3-1-2-4-10(9)20-8-6-12(18)16-14/h1,3H,2,4-8,13-14H2,(H,15,17)(H,16,18). The lowest BCUT2D eigenvalue weighted by Crippen LogP contribution is -2.31. The van der Waals surface area contributed by atoms with Gasteiger partial charge in [0.1, 0.15) is 5.76 Å². The summed E-state index contributed by atoms with van der Waals surface area (Å²) in [6, 6.07) is 0. The largest absolute Gasteiger partial charge is 0.494 e. The van der Waals surface area contributed by atoms with Crippen molar-refractivity contribution in [2.24, 2.45) is 11.7 Å². The van der Waals surface area contributed by atoms with Gasteiger partial charge >= 0.3 is 0 Å². The number of ether oxygens (including phenoxy) is 2. The third-order valence-electron chi connectivity index (χ3n) is 2.60. The van der Waals surface area contributed by atoms with Gasteiger partial charge in [0.2, 0.25) is 11.8 Å². The van der Waals surface area contributed by atoms with Gasteiger partial charge in [0, 0.05) is 6.42 Å². The summed E-state index contributed by atoms with van der Waals surface area (Å²) >= 11 is 0. The number of rotatable bonds is 8. The number of amides is 2. The molecule has 0 unspecified atom stereocenters. The SMILES string of the molecule is NNC(=O)CCOC1=C(OCCC(=O)NN)CCC=C1. The molecule has 6 N–H and O–H groups in total. The van der Waals surface area contributed by atoms with Crippen LogP contribution in [-0.2, 0) is 19.1 Å². The summed E-state index contributed by atoms with van der Waals surface area (Å²) in [6.45, 7) is 0.432. The van der Waals surface area contributed by atoms with E-state index < -0.39 is 0 Å². The van der Waals surface area contributed by atoms with Crippen molar-refractivity contribution in [1.29, 1.82) is 0 Å². The smallest absolute Gasteiger partial charge is 0.237 e. The number of hydrogen-bond acceptors (Lipinski definition) is 6. The molecular formula is C12H20N4O4. The van der Waals surface area contributed by atoms with Gasteiger partial charge in [0.15, 0.2) is 5.76 Å². The summed E-state index contributed by atoms with van der Waals surface area (Å²) in [7, 11) is 0. The lowest BCUT2D eigenvalue weighted by molar-refractivity contribution is -0.123. The molecule has 2 amide bonds. The van der Waals surface area contributed by atoms with Crippen LogP contribution in [0, 0.1) is 0 Å². The number of carbonyl (C=O) groups excluding carboxylic acids is 2. The summed E-state index contributed by atoms with van der Waals surface area (Å²) < 4.78 is 11.0. The zero-order valence-corrected chi connectivity index (χ0v) is 11.2. The number of carbonyl (C=O) groups is 2. The fourth-order valence-electron chi connectivity index (χ4n) is 1.56. The topological polar surface area (TPSA) is 129 Å². The number of nitrogens with one attached hydrogen (secondary N) is 2. The average Bonchev–Trinajstić information content (AvgIpc) is 2.48. The number of hydrazine groups is 2. The van der Waals surface area contributed by atoms with E-state index >= 15 is 0 Å². The molecule has 0 radical (unpaired) electrons. The fraction of sp³-hybridized carbons (Fsp3) is 0.500. The second-order valence-corrected chi connectivity index (χ2v) is 4.06.